The lowest BCUT2D eigenvalue weighted by molar-refractivity contribution is -0.136. The molecule has 2 saturated heterocycles. The van der Waals surface area contributed by atoms with Crippen LogP contribution in [0.5, 0.6) is 0 Å². The molecule has 2 heterocycles. The molecular weight excluding hydrogens is 577 g/mol. The minimum Gasteiger partial charge on any atom is -0.368 e. The molecule has 1 N–H and O–H groups in total. The summed E-state index contributed by atoms with van der Waals surface area (Å²) in [5.41, 5.74) is 3.03. The number of amides is 2. The van der Waals surface area contributed by atoms with E-state index in [0.717, 1.165) is 68.4 Å². The number of anilines is 1. The van der Waals surface area contributed by atoms with Crippen LogP contribution in [0.4, 0.5) is 10.1 Å². The molecule has 0 radical (unpaired) electrons. The van der Waals surface area contributed by atoms with Crippen molar-refractivity contribution in [3.8, 4) is 0 Å². The Morgan fingerprint density at radius 3 is 2.41 bits per heavy atom. The third kappa shape index (κ3) is 9.66. The molecule has 240 valence electrons. The van der Waals surface area contributed by atoms with Gasteiger partial charge >= 0.3 is 0 Å². The largest absolute Gasteiger partial charge is 0.368 e. The minimum atomic E-state index is -0.636. The number of piperidine rings is 1. The predicted octanol–water partition coefficient (Wildman–Crippen LogP) is 5.35. The molecular formula is C35H49ClFN5O2. The Hall–Kier alpha value is -2.68. The highest BCUT2D eigenvalue weighted by atomic mass is 35.5. The zero-order valence-corrected chi connectivity index (χ0v) is 27.0. The summed E-state index contributed by atoms with van der Waals surface area (Å²) in [6, 6.07) is 12.0. The quantitative estimate of drug-likeness (QED) is 0.307. The highest BCUT2D eigenvalue weighted by molar-refractivity contribution is 6.30. The van der Waals surface area contributed by atoms with Crippen molar-refractivity contribution in [3.05, 3.63) is 64.4 Å². The van der Waals surface area contributed by atoms with E-state index in [0.29, 0.717) is 44.0 Å². The maximum atomic E-state index is 14.4. The van der Waals surface area contributed by atoms with Crippen molar-refractivity contribution in [2.75, 3.05) is 63.8 Å². The van der Waals surface area contributed by atoms with Crippen LogP contribution in [0.1, 0.15) is 63.0 Å². The molecule has 3 aliphatic rings. The molecule has 2 amide bonds. The fraction of sp³-hybridized carbons (Fsp3) is 0.600. The average molecular weight is 626 g/mol. The maximum Gasteiger partial charge on any atom is 0.245 e. The van der Waals surface area contributed by atoms with Crippen molar-refractivity contribution < 1.29 is 14.0 Å². The lowest BCUT2D eigenvalue weighted by atomic mass is 10.0. The fourth-order valence-corrected chi connectivity index (χ4v) is 6.73. The van der Waals surface area contributed by atoms with Gasteiger partial charge in [0.15, 0.2) is 0 Å². The van der Waals surface area contributed by atoms with Crippen molar-refractivity contribution in [2.45, 2.75) is 70.9 Å². The molecule has 44 heavy (non-hydrogen) atoms. The van der Waals surface area contributed by atoms with E-state index < -0.39 is 6.04 Å². The Labute approximate surface area is 267 Å². The molecule has 0 bridgehead atoms. The summed E-state index contributed by atoms with van der Waals surface area (Å²) < 4.78 is 14.4. The zero-order chi connectivity index (χ0) is 30.9. The van der Waals surface area contributed by atoms with Crippen molar-refractivity contribution in [1.82, 2.24) is 20.0 Å². The molecule has 1 atom stereocenters. The van der Waals surface area contributed by atoms with Gasteiger partial charge in [0, 0.05) is 69.4 Å². The third-order valence-electron chi connectivity index (χ3n) is 9.21. The van der Waals surface area contributed by atoms with Gasteiger partial charge in [0.05, 0.1) is 0 Å². The van der Waals surface area contributed by atoms with Gasteiger partial charge in [-0.15, -0.1) is 0 Å². The van der Waals surface area contributed by atoms with Crippen LogP contribution in [-0.2, 0) is 22.6 Å². The second-order valence-electron chi connectivity index (χ2n) is 12.9. The predicted molar refractivity (Wildman–Crippen MR) is 175 cm³/mol. The van der Waals surface area contributed by atoms with Crippen molar-refractivity contribution in [3.63, 3.8) is 0 Å². The Morgan fingerprint density at radius 2 is 1.73 bits per heavy atom. The maximum absolute atomic E-state index is 14.4. The summed E-state index contributed by atoms with van der Waals surface area (Å²) in [5, 5.41) is 3.72. The van der Waals surface area contributed by atoms with Crippen molar-refractivity contribution >= 4 is 29.1 Å². The smallest absolute Gasteiger partial charge is 0.245 e. The van der Waals surface area contributed by atoms with Gasteiger partial charge in [-0.05, 0) is 99.1 Å². The van der Waals surface area contributed by atoms with Crippen molar-refractivity contribution in [1.29, 1.82) is 0 Å². The topological polar surface area (TPSA) is 59.1 Å². The van der Waals surface area contributed by atoms with Gasteiger partial charge in [0.2, 0.25) is 11.8 Å². The zero-order valence-electron chi connectivity index (χ0n) is 26.3. The first kappa shape index (κ1) is 32.7. The third-order valence-corrected chi connectivity index (χ3v) is 9.46. The summed E-state index contributed by atoms with van der Waals surface area (Å²) in [7, 11) is 0. The molecule has 2 aromatic carbocycles. The van der Waals surface area contributed by atoms with E-state index in [-0.39, 0.29) is 17.6 Å². The second-order valence-corrected chi connectivity index (χ2v) is 13.3. The van der Waals surface area contributed by atoms with Crippen LogP contribution >= 0.6 is 11.6 Å². The van der Waals surface area contributed by atoms with Gasteiger partial charge in [0.1, 0.15) is 11.9 Å². The van der Waals surface area contributed by atoms with Crippen LogP contribution < -0.4 is 10.2 Å². The second kappa shape index (κ2) is 16.1. The average Bonchev–Trinajstić information content (AvgIpc) is 3.85. The summed E-state index contributed by atoms with van der Waals surface area (Å²) in [4.78, 5) is 35.9. The van der Waals surface area contributed by atoms with Gasteiger partial charge in [-0.25, -0.2) is 4.39 Å². The molecule has 9 heteroatoms. The standard InChI is InChI=1S/C35H49ClFN5O2/c1-2-15-40(25-28-6-7-28)26-29-24-31(37)12-13-33(29)41-19-21-42(22-20-41)35(44)32(23-27-8-10-30(36)11-9-27)38-34(43)14-18-39-16-4-3-5-17-39/h8-13,24,28,32H,2-7,14-23,25-26H2,1H3,(H,38,43). The molecule has 0 spiro atoms. The number of nitrogens with zero attached hydrogens (tertiary/aromatic N) is 4. The van der Waals surface area contributed by atoms with Crippen LogP contribution in [0.3, 0.4) is 0 Å². The number of nitrogens with one attached hydrogen (secondary N) is 1. The van der Waals surface area contributed by atoms with Crippen LogP contribution in [0.25, 0.3) is 0 Å². The van der Waals surface area contributed by atoms with E-state index in [1.165, 1.54) is 32.1 Å². The number of carbonyl (C=O) groups is 2. The number of benzene rings is 2. The number of carbonyl (C=O) groups excluding carboxylic acids is 2. The summed E-state index contributed by atoms with van der Waals surface area (Å²) in [6.07, 6.45) is 8.10. The van der Waals surface area contributed by atoms with E-state index in [1.807, 2.05) is 35.2 Å². The van der Waals surface area contributed by atoms with Crippen LogP contribution in [-0.4, -0.2) is 91.5 Å². The van der Waals surface area contributed by atoms with E-state index in [9.17, 15) is 14.0 Å². The molecule has 3 fully saturated rings. The molecule has 1 unspecified atom stereocenters. The van der Waals surface area contributed by atoms with E-state index in [4.69, 9.17) is 11.6 Å². The Morgan fingerprint density at radius 1 is 1.00 bits per heavy atom. The van der Waals surface area contributed by atoms with Crippen molar-refractivity contribution in [2.24, 2.45) is 5.92 Å². The van der Waals surface area contributed by atoms with Gasteiger partial charge in [0.25, 0.3) is 0 Å². The SMILES string of the molecule is CCCN(Cc1cc(F)ccc1N1CCN(C(=O)C(Cc2ccc(Cl)cc2)NC(=O)CCN2CCCCC2)CC1)CC1CC1. The summed E-state index contributed by atoms with van der Waals surface area (Å²) in [5.74, 6) is 0.435. The highest BCUT2D eigenvalue weighted by Gasteiger charge is 2.30. The summed E-state index contributed by atoms with van der Waals surface area (Å²) in [6.45, 7) is 10.3. The molecule has 1 saturated carbocycles. The number of likely N-dealkylation sites (tertiary alicyclic amines) is 1. The van der Waals surface area contributed by atoms with Crippen LogP contribution in [0.15, 0.2) is 42.5 Å². The molecule has 1 aliphatic carbocycles. The van der Waals surface area contributed by atoms with Gasteiger partial charge in [-0.3, -0.25) is 14.5 Å². The molecule has 0 aromatic heterocycles. The normalized spacial score (nSPS) is 18.5. The number of rotatable bonds is 14. The number of hydrogen-bond acceptors (Lipinski definition) is 5. The minimum absolute atomic E-state index is 0.0520. The monoisotopic (exact) mass is 625 g/mol. The first-order chi connectivity index (χ1) is 21.4. The van der Waals surface area contributed by atoms with Crippen LogP contribution in [0.2, 0.25) is 5.02 Å². The highest BCUT2D eigenvalue weighted by Crippen LogP contribution is 2.31. The lowest BCUT2D eigenvalue weighted by Crippen LogP contribution is -2.56. The number of piperazine rings is 1. The number of halogens is 2. The van der Waals surface area contributed by atoms with Gasteiger partial charge < -0.3 is 20.0 Å². The Bertz CT molecular complexity index is 1230. The first-order valence-corrected chi connectivity index (χ1v) is 17.1. The van der Waals surface area contributed by atoms with E-state index >= 15 is 0 Å². The molecule has 5 rings (SSSR count). The molecule has 2 aliphatic heterocycles. The van der Waals surface area contributed by atoms with E-state index in [2.05, 4.69) is 26.9 Å². The molecule has 7 nitrogen and oxygen atoms in total. The Kier molecular flexibility index (Phi) is 11.9. The fourth-order valence-electron chi connectivity index (χ4n) is 6.60. The lowest BCUT2D eigenvalue weighted by Gasteiger charge is -2.39. The number of hydrogen-bond donors (Lipinski definition) is 1. The van der Waals surface area contributed by atoms with E-state index in [1.54, 1.807) is 12.1 Å². The van der Waals surface area contributed by atoms with Gasteiger partial charge in [-0.2, -0.15) is 0 Å². The molecule has 2 aromatic rings. The summed E-state index contributed by atoms with van der Waals surface area (Å²) >= 11 is 6.11. The Balaban J connectivity index is 1.22. The first-order valence-electron chi connectivity index (χ1n) is 16.7. The van der Waals surface area contributed by atoms with Gasteiger partial charge in [-0.1, -0.05) is 37.1 Å². The van der Waals surface area contributed by atoms with Crippen LogP contribution in [0, 0.1) is 11.7 Å².